The van der Waals surface area contributed by atoms with Gasteiger partial charge in [0.25, 0.3) is 0 Å². The fraction of sp³-hybridized carbons (Fsp3) is 0.462. The minimum Gasteiger partial charge on any atom is -0.481 e. The van der Waals surface area contributed by atoms with Gasteiger partial charge in [0.05, 0.1) is 16.6 Å². The van der Waals surface area contributed by atoms with E-state index in [0.29, 0.717) is 23.6 Å². The highest BCUT2D eigenvalue weighted by molar-refractivity contribution is 6.33. The maximum Gasteiger partial charge on any atom is 0.306 e. The number of hydrogen-bond acceptors (Lipinski definition) is 2. The zero-order valence-electron chi connectivity index (χ0n) is 9.83. The number of anilines is 1. The molecule has 1 aromatic carbocycles. The SMILES string of the molecule is O=C(O)C1CCC(Nc2cc(F)ccc2Cl)CC1. The molecule has 0 spiro atoms. The fourth-order valence-corrected chi connectivity index (χ4v) is 2.48. The molecule has 18 heavy (non-hydrogen) atoms. The van der Waals surface area contributed by atoms with E-state index < -0.39 is 5.97 Å². The summed E-state index contributed by atoms with van der Waals surface area (Å²) in [6.07, 6.45) is 2.84. The van der Waals surface area contributed by atoms with Crippen LogP contribution in [0.25, 0.3) is 0 Å². The van der Waals surface area contributed by atoms with Crippen molar-refractivity contribution in [2.75, 3.05) is 5.32 Å². The molecule has 0 radical (unpaired) electrons. The summed E-state index contributed by atoms with van der Waals surface area (Å²) >= 11 is 5.97. The van der Waals surface area contributed by atoms with Gasteiger partial charge in [-0.15, -0.1) is 0 Å². The van der Waals surface area contributed by atoms with Gasteiger partial charge in [0.15, 0.2) is 0 Å². The van der Waals surface area contributed by atoms with Gasteiger partial charge in [-0.05, 0) is 43.9 Å². The quantitative estimate of drug-likeness (QED) is 0.884. The molecule has 0 amide bonds. The van der Waals surface area contributed by atoms with Gasteiger partial charge >= 0.3 is 5.97 Å². The van der Waals surface area contributed by atoms with E-state index in [2.05, 4.69) is 5.32 Å². The van der Waals surface area contributed by atoms with Crippen molar-refractivity contribution in [1.29, 1.82) is 0 Å². The van der Waals surface area contributed by atoms with E-state index >= 15 is 0 Å². The van der Waals surface area contributed by atoms with Gasteiger partial charge < -0.3 is 10.4 Å². The van der Waals surface area contributed by atoms with E-state index in [-0.39, 0.29) is 17.8 Å². The Bertz CT molecular complexity index is 445. The number of aliphatic carboxylic acids is 1. The Kier molecular flexibility index (Phi) is 4.07. The molecule has 2 N–H and O–H groups in total. The van der Waals surface area contributed by atoms with Crippen molar-refractivity contribution in [2.45, 2.75) is 31.7 Å². The number of hydrogen-bond donors (Lipinski definition) is 2. The lowest BCUT2D eigenvalue weighted by molar-refractivity contribution is -0.142. The van der Waals surface area contributed by atoms with Gasteiger partial charge in [0, 0.05) is 6.04 Å². The number of carboxylic acid groups (broad SMARTS) is 1. The summed E-state index contributed by atoms with van der Waals surface area (Å²) in [6, 6.07) is 4.36. The molecule has 0 unspecified atom stereocenters. The molecule has 1 aliphatic carbocycles. The van der Waals surface area contributed by atoms with Crippen LogP contribution in [0.15, 0.2) is 18.2 Å². The van der Waals surface area contributed by atoms with Gasteiger partial charge in [0.1, 0.15) is 5.82 Å². The molecule has 1 aromatic rings. The van der Waals surface area contributed by atoms with E-state index in [0.717, 1.165) is 12.8 Å². The highest BCUT2D eigenvalue weighted by Crippen LogP contribution is 2.29. The first-order chi connectivity index (χ1) is 8.56. The van der Waals surface area contributed by atoms with Crippen LogP contribution in [-0.2, 0) is 4.79 Å². The Morgan fingerprint density at radius 1 is 1.33 bits per heavy atom. The number of rotatable bonds is 3. The second-order valence-electron chi connectivity index (χ2n) is 4.66. The minimum atomic E-state index is -0.725. The Balaban J connectivity index is 1.95. The summed E-state index contributed by atoms with van der Waals surface area (Å²) < 4.78 is 13.1. The highest BCUT2D eigenvalue weighted by Gasteiger charge is 2.26. The number of carbonyl (C=O) groups is 1. The lowest BCUT2D eigenvalue weighted by Gasteiger charge is -2.27. The molecular weight excluding hydrogens is 257 g/mol. The standard InChI is InChI=1S/C13H15ClFNO2/c14-11-6-3-9(15)7-12(11)16-10-4-1-8(2-5-10)13(17)18/h3,6-8,10,16H,1-2,4-5H2,(H,17,18). The highest BCUT2D eigenvalue weighted by atomic mass is 35.5. The third kappa shape index (κ3) is 3.13. The molecule has 1 saturated carbocycles. The lowest BCUT2D eigenvalue weighted by atomic mass is 9.86. The molecule has 98 valence electrons. The average molecular weight is 272 g/mol. The second-order valence-corrected chi connectivity index (χ2v) is 5.06. The minimum absolute atomic E-state index is 0.167. The Morgan fingerprint density at radius 3 is 2.61 bits per heavy atom. The van der Waals surface area contributed by atoms with Crippen molar-refractivity contribution in [3.8, 4) is 0 Å². The Labute approximate surface area is 110 Å². The van der Waals surface area contributed by atoms with Gasteiger partial charge in [-0.1, -0.05) is 11.6 Å². The Morgan fingerprint density at radius 2 is 2.00 bits per heavy atom. The number of nitrogens with one attached hydrogen (secondary N) is 1. The molecule has 0 atom stereocenters. The second kappa shape index (κ2) is 5.57. The topological polar surface area (TPSA) is 49.3 Å². The maximum atomic E-state index is 13.1. The van der Waals surface area contributed by atoms with Crippen molar-refractivity contribution in [2.24, 2.45) is 5.92 Å². The van der Waals surface area contributed by atoms with Crippen molar-refractivity contribution in [3.05, 3.63) is 29.0 Å². The maximum absolute atomic E-state index is 13.1. The molecule has 0 aromatic heterocycles. The Hall–Kier alpha value is -1.29. The molecule has 0 heterocycles. The molecule has 2 rings (SSSR count). The third-order valence-electron chi connectivity index (χ3n) is 3.36. The van der Waals surface area contributed by atoms with Crippen LogP contribution in [0.5, 0.6) is 0 Å². The summed E-state index contributed by atoms with van der Waals surface area (Å²) in [7, 11) is 0. The third-order valence-corrected chi connectivity index (χ3v) is 3.69. The van der Waals surface area contributed by atoms with Crippen molar-refractivity contribution in [3.63, 3.8) is 0 Å². The van der Waals surface area contributed by atoms with Gasteiger partial charge in [-0.25, -0.2) is 4.39 Å². The van der Waals surface area contributed by atoms with Crippen molar-refractivity contribution >= 4 is 23.3 Å². The van der Waals surface area contributed by atoms with Crippen LogP contribution in [0.4, 0.5) is 10.1 Å². The summed E-state index contributed by atoms with van der Waals surface area (Å²) in [4.78, 5) is 10.8. The molecule has 1 fully saturated rings. The predicted molar refractivity (Wildman–Crippen MR) is 68.4 cm³/mol. The van der Waals surface area contributed by atoms with Crippen LogP contribution in [-0.4, -0.2) is 17.1 Å². The van der Waals surface area contributed by atoms with Crippen molar-refractivity contribution < 1.29 is 14.3 Å². The first-order valence-corrected chi connectivity index (χ1v) is 6.38. The molecule has 1 aliphatic rings. The van der Waals surface area contributed by atoms with E-state index in [9.17, 15) is 9.18 Å². The summed E-state index contributed by atoms with van der Waals surface area (Å²) in [5.74, 6) is -1.30. The van der Waals surface area contributed by atoms with Crippen molar-refractivity contribution in [1.82, 2.24) is 0 Å². The lowest BCUT2D eigenvalue weighted by Crippen LogP contribution is -2.29. The van der Waals surface area contributed by atoms with Crippen LogP contribution in [0.3, 0.4) is 0 Å². The molecule has 3 nitrogen and oxygen atoms in total. The van der Waals surface area contributed by atoms with E-state index in [1.54, 1.807) is 0 Å². The fourth-order valence-electron chi connectivity index (χ4n) is 2.31. The van der Waals surface area contributed by atoms with E-state index in [1.807, 2.05) is 0 Å². The van der Waals surface area contributed by atoms with Gasteiger partial charge in [-0.2, -0.15) is 0 Å². The van der Waals surface area contributed by atoms with Gasteiger partial charge in [0.2, 0.25) is 0 Å². The van der Waals surface area contributed by atoms with Crippen LogP contribution in [0, 0.1) is 11.7 Å². The van der Waals surface area contributed by atoms with Crippen LogP contribution < -0.4 is 5.32 Å². The average Bonchev–Trinajstić information content (AvgIpc) is 2.34. The zero-order valence-corrected chi connectivity index (χ0v) is 10.6. The number of benzene rings is 1. The van der Waals surface area contributed by atoms with Crippen LogP contribution in [0.1, 0.15) is 25.7 Å². The molecule has 5 heteroatoms. The zero-order chi connectivity index (χ0) is 13.1. The summed E-state index contributed by atoms with van der Waals surface area (Å²) in [6.45, 7) is 0. The largest absolute Gasteiger partial charge is 0.481 e. The first-order valence-electron chi connectivity index (χ1n) is 6.00. The van der Waals surface area contributed by atoms with Crippen LogP contribution in [0.2, 0.25) is 5.02 Å². The molecule has 0 aliphatic heterocycles. The van der Waals surface area contributed by atoms with Gasteiger partial charge in [-0.3, -0.25) is 4.79 Å². The van der Waals surface area contributed by atoms with Crippen LogP contribution >= 0.6 is 11.6 Å². The predicted octanol–water partition coefficient (Wildman–Crippen LogP) is 3.53. The number of carboxylic acids is 1. The molecule has 0 saturated heterocycles. The van der Waals surface area contributed by atoms with E-state index in [4.69, 9.17) is 16.7 Å². The summed E-state index contributed by atoms with van der Waals surface area (Å²) in [5.41, 5.74) is 0.579. The smallest absolute Gasteiger partial charge is 0.306 e. The monoisotopic (exact) mass is 271 g/mol. The molecule has 0 bridgehead atoms. The number of halogens is 2. The first kappa shape index (κ1) is 13.1. The normalized spacial score (nSPS) is 23.7. The van der Waals surface area contributed by atoms with E-state index in [1.165, 1.54) is 18.2 Å². The molecular formula is C13H15ClFNO2. The summed E-state index contributed by atoms with van der Waals surface area (Å²) in [5, 5.41) is 12.6.